The summed E-state index contributed by atoms with van der Waals surface area (Å²) in [5, 5.41) is 16.7. The normalized spacial score (nSPS) is 9.33. The maximum absolute atomic E-state index is 10.1. The molecule has 0 saturated heterocycles. The molecule has 0 aromatic carbocycles. The van der Waals surface area contributed by atoms with Crippen LogP contribution in [0.1, 0.15) is 52.8 Å². The summed E-state index contributed by atoms with van der Waals surface area (Å²) in [6, 6.07) is 0. The molecule has 0 bridgehead atoms. The monoisotopic (exact) mass is 227 g/mol. The summed E-state index contributed by atoms with van der Waals surface area (Å²) in [4.78, 5) is 20.3. The van der Waals surface area contributed by atoms with Gasteiger partial charge in [0, 0.05) is 43.8 Å². The van der Waals surface area contributed by atoms with Gasteiger partial charge in [0.15, 0.2) is 0 Å². The van der Waals surface area contributed by atoms with Crippen molar-refractivity contribution in [3.63, 3.8) is 0 Å². The van der Waals surface area contributed by atoms with E-state index in [-0.39, 0.29) is 43.8 Å². The summed E-state index contributed by atoms with van der Waals surface area (Å²) >= 11 is 0. The molecule has 0 aliphatic heterocycles. The van der Waals surface area contributed by atoms with Gasteiger partial charge in [-0.05, 0) is 12.8 Å². The van der Waals surface area contributed by atoms with Crippen molar-refractivity contribution >= 4 is 41.5 Å². The third-order valence-electron chi connectivity index (χ3n) is 2.03. The SMILES string of the molecule is O=C(O)CCCCCCCCC(=O)O.[HH].[Na]. The molecule has 4 nitrogen and oxygen atoms in total. The first-order valence-corrected chi connectivity index (χ1v) is 5.06. The molecule has 0 rings (SSSR count). The predicted molar refractivity (Wildman–Crippen MR) is 60.1 cm³/mol. The standard InChI is InChI=1S/C10H18O4.Na.H2/c11-9(12)7-5-3-1-2-4-6-8-10(13)14;;/h1-8H2,(H,11,12)(H,13,14);;1H. The molecule has 0 unspecified atom stereocenters. The number of carboxylic acid groups (broad SMARTS) is 2. The number of hydrogen-bond donors (Lipinski definition) is 2. The van der Waals surface area contributed by atoms with Gasteiger partial charge in [0.1, 0.15) is 0 Å². The van der Waals surface area contributed by atoms with Gasteiger partial charge in [-0.15, -0.1) is 0 Å². The molecule has 0 aromatic rings. The quantitative estimate of drug-likeness (QED) is 0.467. The van der Waals surface area contributed by atoms with Crippen molar-refractivity contribution in [1.29, 1.82) is 0 Å². The van der Waals surface area contributed by atoms with Crippen molar-refractivity contribution in [1.82, 2.24) is 0 Å². The van der Waals surface area contributed by atoms with E-state index in [1.54, 1.807) is 0 Å². The second-order valence-electron chi connectivity index (χ2n) is 3.41. The Kier molecular flexibility index (Phi) is 13.9. The van der Waals surface area contributed by atoms with Gasteiger partial charge in [-0.3, -0.25) is 9.59 Å². The Morgan fingerprint density at radius 1 is 0.733 bits per heavy atom. The molecule has 0 fully saturated rings. The zero-order chi connectivity index (χ0) is 10.8. The van der Waals surface area contributed by atoms with Gasteiger partial charge in [0.2, 0.25) is 0 Å². The van der Waals surface area contributed by atoms with Crippen LogP contribution >= 0.6 is 0 Å². The number of hydrogen-bond acceptors (Lipinski definition) is 2. The van der Waals surface area contributed by atoms with E-state index in [9.17, 15) is 9.59 Å². The van der Waals surface area contributed by atoms with E-state index in [0.717, 1.165) is 38.5 Å². The van der Waals surface area contributed by atoms with Crippen LogP contribution in [0.25, 0.3) is 0 Å². The van der Waals surface area contributed by atoms with E-state index in [2.05, 4.69) is 0 Å². The minimum atomic E-state index is -0.740. The predicted octanol–water partition coefficient (Wildman–Crippen LogP) is 2.14. The molecule has 0 aliphatic carbocycles. The van der Waals surface area contributed by atoms with Crippen LogP contribution in [0, 0.1) is 0 Å². The number of carboxylic acids is 2. The van der Waals surface area contributed by atoms with Gasteiger partial charge in [0.25, 0.3) is 0 Å². The van der Waals surface area contributed by atoms with Crippen molar-refractivity contribution in [2.24, 2.45) is 0 Å². The maximum Gasteiger partial charge on any atom is 0.303 e. The van der Waals surface area contributed by atoms with Crippen molar-refractivity contribution in [3.8, 4) is 0 Å². The van der Waals surface area contributed by atoms with Crippen molar-refractivity contribution in [2.75, 3.05) is 0 Å². The molecule has 1 radical (unpaired) electrons. The summed E-state index contributed by atoms with van der Waals surface area (Å²) in [7, 11) is 0. The van der Waals surface area contributed by atoms with E-state index >= 15 is 0 Å². The number of carbonyl (C=O) groups is 2. The average Bonchev–Trinajstić information content (AvgIpc) is 2.08. The van der Waals surface area contributed by atoms with Crippen molar-refractivity contribution in [2.45, 2.75) is 51.4 Å². The zero-order valence-corrected chi connectivity index (χ0v) is 11.4. The van der Waals surface area contributed by atoms with Crippen LogP contribution in [0.4, 0.5) is 0 Å². The number of aliphatic carboxylic acids is 2. The van der Waals surface area contributed by atoms with E-state index in [1.807, 2.05) is 0 Å². The van der Waals surface area contributed by atoms with E-state index in [4.69, 9.17) is 10.2 Å². The first-order chi connectivity index (χ1) is 6.63. The molecule has 85 valence electrons. The first kappa shape index (κ1) is 17.3. The zero-order valence-electron chi connectivity index (χ0n) is 9.37. The molecule has 0 spiro atoms. The number of unbranched alkanes of at least 4 members (excludes halogenated alkanes) is 5. The molecule has 15 heavy (non-hydrogen) atoms. The molecule has 0 aliphatic rings. The Hall–Kier alpha value is -0.0600. The molecule has 2 N–H and O–H groups in total. The van der Waals surface area contributed by atoms with Gasteiger partial charge in [0.05, 0.1) is 0 Å². The van der Waals surface area contributed by atoms with E-state index < -0.39 is 11.9 Å². The van der Waals surface area contributed by atoms with Crippen LogP contribution in [0.2, 0.25) is 0 Å². The maximum atomic E-state index is 10.1. The fraction of sp³-hybridized carbons (Fsp3) is 0.800. The van der Waals surface area contributed by atoms with E-state index in [0.29, 0.717) is 0 Å². The molecule has 0 saturated carbocycles. The van der Waals surface area contributed by atoms with Crippen LogP contribution in [-0.4, -0.2) is 51.7 Å². The second-order valence-corrected chi connectivity index (χ2v) is 3.41. The van der Waals surface area contributed by atoms with Gasteiger partial charge >= 0.3 is 11.9 Å². The molecule has 0 heterocycles. The van der Waals surface area contributed by atoms with Crippen LogP contribution in [-0.2, 0) is 9.59 Å². The van der Waals surface area contributed by atoms with Gasteiger partial charge in [-0.2, -0.15) is 0 Å². The Balaban J connectivity index is -0.000000845. The second kappa shape index (κ2) is 12.0. The van der Waals surface area contributed by atoms with Crippen LogP contribution in [0.15, 0.2) is 0 Å². The van der Waals surface area contributed by atoms with Crippen LogP contribution in [0.3, 0.4) is 0 Å². The summed E-state index contributed by atoms with van der Waals surface area (Å²) in [5.74, 6) is -1.48. The first-order valence-electron chi connectivity index (χ1n) is 5.06. The molecule has 0 aromatic heterocycles. The topological polar surface area (TPSA) is 74.6 Å². The fourth-order valence-corrected chi connectivity index (χ4v) is 1.26. The van der Waals surface area contributed by atoms with Gasteiger partial charge in [-0.1, -0.05) is 25.7 Å². The summed E-state index contributed by atoms with van der Waals surface area (Å²) < 4.78 is 0. The Labute approximate surface area is 114 Å². The molecular weight excluding hydrogens is 207 g/mol. The molecular formula is C10H20NaO4. The van der Waals surface area contributed by atoms with Crippen LogP contribution in [0.5, 0.6) is 0 Å². The number of rotatable bonds is 9. The molecule has 0 amide bonds. The summed E-state index contributed by atoms with van der Waals surface area (Å²) in [6.07, 6.45) is 5.82. The summed E-state index contributed by atoms with van der Waals surface area (Å²) in [6.45, 7) is 0. The third kappa shape index (κ3) is 16.6. The van der Waals surface area contributed by atoms with Gasteiger partial charge < -0.3 is 10.2 Å². The average molecular weight is 227 g/mol. The summed E-state index contributed by atoms with van der Waals surface area (Å²) in [5.41, 5.74) is 0. The largest absolute Gasteiger partial charge is 0.481 e. The van der Waals surface area contributed by atoms with Crippen molar-refractivity contribution in [3.05, 3.63) is 0 Å². The molecule has 0 atom stereocenters. The fourth-order valence-electron chi connectivity index (χ4n) is 1.26. The third-order valence-corrected chi connectivity index (χ3v) is 2.03. The molecule has 5 heteroatoms. The Bertz CT molecular complexity index is 168. The van der Waals surface area contributed by atoms with Gasteiger partial charge in [-0.25, -0.2) is 0 Å². The van der Waals surface area contributed by atoms with Crippen LogP contribution < -0.4 is 0 Å². The minimum Gasteiger partial charge on any atom is -0.481 e. The van der Waals surface area contributed by atoms with Crippen molar-refractivity contribution < 1.29 is 21.2 Å². The smallest absolute Gasteiger partial charge is 0.303 e. The minimum absolute atomic E-state index is 0. The Morgan fingerprint density at radius 3 is 1.27 bits per heavy atom. The Morgan fingerprint density at radius 2 is 1.00 bits per heavy atom. The van der Waals surface area contributed by atoms with E-state index in [1.165, 1.54) is 0 Å².